The van der Waals surface area contributed by atoms with E-state index in [4.69, 9.17) is 25.9 Å². The predicted molar refractivity (Wildman–Crippen MR) is 79.1 cm³/mol. The second-order valence-corrected chi connectivity index (χ2v) is 5.57. The van der Waals surface area contributed by atoms with E-state index in [1.165, 1.54) is 0 Å². The number of fused-ring (bicyclic) bond motifs is 1. The highest BCUT2D eigenvalue weighted by molar-refractivity contribution is 6.31. The van der Waals surface area contributed by atoms with Crippen LogP contribution in [0.15, 0.2) is 28.7 Å². The van der Waals surface area contributed by atoms with Gasteiger partial charge in [0.15, 0.2) is 5.76 Å². The Bertz CT molecular complexity index is 726. The standard InChI is InChI=1S/C15H14ClNO5/c16-10-1-2-12-9(5-10)6-13(22-12)15(20)17-3-4-21-11(8-17)7-14(18)19/h1-2,5-6,11H,3-4,7-8H2,(H,18,19). The number of hydrogen-bond donors (Lipinski definition) is 1. The van der Waals surface area contributed by atoms with Crippen molar-refractivity contribution in [3.63, 3.8) is 0 Å². The molecule has 1 aromatic heterocycles. The number of halogens is 1. The van der Waals surface area contributed by atoms with Crippen LogP contribution >= 0.6 is 11.6 Å². The van der Waals surface area contributed by atoms with Gasteiger partial charge in [0.2, 0.25) is 0 Å². The molecule has 116 valence electrons. The van der Waals surface area contributed by atoms with Gasteiger partial charge in [-0.15, -0.1) is 0 Å². The molecule has 3 rings (SSSR count). The van der Waals surface area contributed by atoms with Gasteiger partial charge in [0, 0.05) is 23.5 Å². The van der Waals surface area contributed by atoms with E-state index in [-0.39, 0.29) is 24.6 Å². The van der Waals surface area contributed by atoms with Crippen LogP contribution in [-0.2, 0) is 9.53 Å². The SMILES string of the molecule is O=C(O)CC1CN(C(=O)c2cc3cc(Cl)ccc3o2)CCO1. The number of carbonyl (C=O) groups excluding carboxylic acids is 1. The second kappa shape index (κ2) is 5.98. The highest BCUT2D eigenvalue weighted by atomic mass is 35.5. The van der Waals surface area contributed by atoms with Crippen LogP contribution in [0.3, 0.4) is 0 Å². The molecule has 2 aromatic rings. The number of nitrogens with zero attached hydrogens (tertiary/aromatic N) is 1. The van der Waals surface area contributed by atoms with Gasteiger partial charge < -0.3 is 19.2 Å². The van der Waals surface area contributed by atoms with Crippen molar-refractivity contribution < 1.29 is 23.8 Å². The van der Waals surface area contributed by atoms with Gasteiger partial charge in [0.1, 0.15) is 5.58 Å². The summed E-state index contributed by atoms with van der Waals surface area (Å²) >= 11 is 5.91. The van der Waals surface area contributed by atoms with Crippen LogP contribution < -0.4 is 0 Å². The maximum atomic E-state index is 12.5. The molecule has 0 radical (unpaired) electrons. The number of carbonyl (C=O) groups is 2. The van der Waals surface area contributed by atoms with Crippen LogP contribution in [0.2, 0.25) is 5.02 Å². The van der Waals surface area contributed by atoms with Gasteiger partial charge in [0.25, 0.3) is 5.91 Å². The number of amides is 1. The lowest BCUT2D eigenvalue weighted by Crippen LogP contribution is -2.46. The molecule has 1 unspecified atom stereocenters. The molecule has 0 saturated carbocycles. The van der Waals surface area contributed by atoms with Crippen molar-refractivity contribution in [2.24, 2.45) is 0 Å². The molecule has 6 nitrogen and oxygen atoms in total. The number of carboxylic acid groups (broad SMARTS) is 1. The Labute approximate surface area is 131 Å². The molecule has 1 N–H and O–H groups in total. The number of morpholine rings is 1. The number of ether oxygens (including phenoxy) is 1. The van der Waals surface area contributed by atoms with E-state index in [0.717, 1.165) is 5.39 Å². The molecule has 1 aliphatic rings. The van der Waals surface area contributed by atoms with Crippen molar-refractivity contribution in [3.05, 3.63) is 35.0 Å². The average molecular weight is 324 g/mol. The third kappa shape index (κ3) is 3.08. The minimum Gasteiger partial charge on any atom is -0.481 e. The summed E-state index contributed by atoms with van der Waals surface area (Å²) < 4.78 is 10.9. The molecule has 2 heterocycles. The predicted octanol–water partition coefficient (Wildman–Crippen LogP) is 2.40. The number of rotatable bonds is 3. The number of benzene rings is 1. The summed E-state index contributed by atoms with van der Waals surface area (Å²) in [4.78, 5) is 24.8. The van der Waals surface area contributed by atoms with Gasteiger partial charge in [0.05, 0.1) is 19.1 Å². The lowest BCUT2D eigenvalue weighted by Gasteiger charge is -2.31. The first-order chi connectivity index (χ1) is 10.5. The smallest absolute Gasteiger partial charge is 0.306 e. The molecule has 1 atom stereocenters. The van der Waals surface area contributed by atoms with E-state index in [9.17, 15) is 9.59 Å². The summed E-state index contributed by atoms with van der Waals surface area (Å²) in [7, 11) is 0. The maximum Gasteiger partial charge on any atom is 0.306 e. The molecule has 1 aliphatic heterocycles. The molecule has 0 bridgehead atoms. The topological polar surface area (TPSA) is 80.0 Å². The fourth-order valence-corrected chi connectivity index (χ4v) is 2.68. The largest absolute Gasteiger partial charge is 0.481 e. The zero-order chi connectivity index (χ0) is 15.7. The summed E-state index contributed by atoms with van der Waals surface area (Å²) in [5.41, 5.74) is 0.586. The summed E-state index contributed by atoms with van der Waals surface area (Å²) in [6, 6.07) is 6.77. The second-order valence-electron chi connectivity index (χ2n) is 5.13. The summed E-state index contributed by atoms with van der Waals surface area (Å²) in [5, 5.41) is 10.1. The minimum absolute atomic E-state index is 0.125. The maximum absolute atomic E-state index is 12.5. The van der Waals surface area contributed by atoms with Crippen LogP contribution in [0.4, 0.5) is 0 Å². The molecule has 1 aromatic carbocycles. The van der Waals surface area contributed by atoms with E-state index >= 15 is 0 Å². The third-order valence-electron chi connectivity index (χ3n) is 3.52. The Morgan fingerprint density at radius 3 is 2.95 bits per heavy atom. The monoisotopic (exact) mass is 323 g/mol. The third-order valence-corrected chi connectivity index (χ3v) is 3.75. The van der Waals surface area contributed by atoms with Crippen LogP contribution in [0.25, 0.3) is 11.0 Å². The number of aliphatic carboxylic acids is 1. The summed E-state index contributed by atoms with van der Waals surface area (Å²) in [6.45, 7) is 0.964. The van der Waals surface area contributed by atoms with Gasteiger partial charge in [-0.25, -0.2) is 0 Å². The molecular weight excluding hydrogens is 310 g/mol. The molecule has 1 saturated heterocycles. The Hall–Kier alpha value is -2.05. The number of carboxylic acids is 1. The van der Waals surface area contributed by atoms with E-state index in [2.05, 4.69) is 0 Å². The van der Waals surface area contributed by atoms with Gasteiger partial charge in [-0.3, -0.25) is 9.59 Å². The van der Waals surface area contributed by atoms with Crippen molar-refractivity contribution in [2.45, 2.75) is 12.5 Å². The lowest BCUT2D eigenvalue weighted by atomic mass is 10.2. The van der Waals surface area contributed by atoms with Crippen molar-refractivity contribution in [1.82, 2.24) is 4.90 Å². The van der Waals surface area contributed by atoms with Gasteiger partial charge in [-0.2, -0.15) is 0 Å². The quantitative estimate of drug-likeness (QED) is 0.938. The van der Waals surface area contributed by atoms with Gasteiger partial charge in [-0.1, -0.05) is 11.6 Å². The summed E-state index contributed by atoms with van der Waals surface area (Å²) in [5.74, 6) is -1.00. The molecule has 1 fully saturated rings. The van der Waals surface area contributed by atoms with Crippen molar-refractivity contribution in [3.8, 4) is 0 Å². The van der Waals surface area contributed by atoms with Crippen LogP contribution in [-0.4, -0.2) is 47.7 Å². The van der Waals surface area contributed by atoms with E-state index in [1.807, 2.05) is 0 Å². The Morgan fingerprint density at radius 1 is 1.36 bits per heavy atom. The van der Waals surface area contributed by atoms with E-state index < -0.39 is 12.1 Å². The average Bonchev–Trinajstić information content (AvgIpc) is 2.89. The number of hydrogen-bond acceptors (Lipinski definition) is 4. The zero-order valence-electron chi connectivity index (χ0n) is 11.6. The highest BCUT2D eigenvalue weighted by Crippen LogP contribution is 2.24. The fourth-order valence-electron chi connectivity index (χ4n) is 2.50. The first-order valence-corrected chi connectivity index (χ1v) is 7.22. The van der Waals surface area contributed by atoms with E-state index in [0.29, 0.717) is 23.8 Å². The van der Waals surface area contributed by atoms with Crippen molar-refractivity contribution in [1.29, 1.82) is 0 Å². The molecule has 22 heavy (non-hydrogen) atoms. The zero-order valence-corrected chi connectivity index (χ0v) is 12.4. The van der Waals surface area contributed by atoms with E-state index in [1.54, 1.807) is 29.2 Å². The number of furan rings is 1. The fraction of sp³-hybridized carbons (Fsp3) is 0.333. The van der Waals surface area contributed by atoms with Crippen LogP contribution in [0.5, 0.6) is 0 Å². The normalized spacial score (nSPS) is 18.6. The first kappa shape index (κ1) is 14.9. The molecule has 1 amide bonds. The van der Waals surface area contributed by atoms with Crippen molar-refractivity contribution >= 4 is 34.4 Å². The Morgan fingerprint density at radius 2 is 2.18 bits per heavy atom. The minimum atomic E-state index is -0.947. The lowest BCUT2D eigenvalue weighted by molar-refractivity contribution is -0.141. The molecule has 0 spiro atoms. The molecular formula is C15H14ClNO5. The molecule has 7 heteroatoms. The highest BCUT2D eigenvalue weighted by Gasteiger charge is 2.28. The first-order valence-electron chi connectivity index (χ1n) is 6.84. The van der Waals surface area contributed by atoms with Gasteiger partial charge >= 0.3 is 5.97 Å². The van der Waals surface area contributed by atoms with Gasteiger partial charge in [-0.05, 0) is 24.3 Å². The Balaban J connectivity index is 1.78. The van der Waals surface area contributed by atoms with Crippen molar-refractivity contribution in [2.75, 3.05) is 19.7 Å². The Kier molecular flexibility index (Phi) is 4.04. The van der Waals surface area contributed by atoms with Crippen LogP contribution in [0.1, 0.15) is 17.0 Å². The summed E-state index contributed by atoms with van der Waals surface area (Å²) in [6.07, 6.45) is -0.617. The molecule has 0 aliphatic carbocycles. The van der Waals surface area contributed by atoms with Crippen LogP contribution in [0, 0.1) is 0 Å².